The van der Waals surface area contributed by atoms with Crippen molar-refractivity contribution in [1.29, 1.82) is 0 Å². The molecule has 0 aromatic rings. The first-order chi connectivity index (χ1) is 8.67. The molecular formula is C13H28O5. The van der Waals surface area contributed by atoms with E-state index in [9.17, 15) is 0 Å². The monoisotopic (exact) mass is 264 g/mol. The molecule has 0 bridgehead atoms. The molecule has 0 heterocycles. The summed E-state index contributed by atoms with van der Waals surface area (Å²) in [5.74, 6) is -0.990. The Morgan fingerprint density at radius 1 is 0.833 bits per heavy atom. The van der Waals surface area contributed by atoms with E-state index in [1.54, 1.807) is 7.11 Å². The van der Waals surface area contributed by atoms with Crippen molar-refractivity contribution in [2.24, 2.45) is 0 Å². The normalized spacial score (nSPS) is 12.3. The van der Waals surface area contributed by atoms with Crippen LogP contribution in [0.15, 0.2) is 0 Å². The van der Waals surface area contributed by atoms with E-state index in [-0.39, 0.29) is 6.29 Å². The van der Waals surface area contributed by atoms with Gasteiger partial charge >= 0.3 is 0 Å². The fourth-order valence-electron chi connectivity index (χ4n) is 1.73. The summed E-state index contributed by atoms with van der Waals surface area (Å²) in [7, 11) is 1.59. The first kappa shape index (κ1) is 17.8. The van der Waals surface area contributed by atoms with Crippen LogP contribution in [0, 0.1) is 0 Å². The second kappa shape index (κ2) is 10.7. The average molecular weight is 264 g/mol. The van der Waals surface area contributed by atoms with Crippen LogP contribution in [-0.4, -0.2) is 45.8 Å². The molecule has 0 radical (unpaired) electrons. The predicted molar refractivity (Wildman–Crippen MR) is 69.3 cm³/mol. The molecule has 0 unspecified atom stereocenters. The summed E-state index contributed by atoms with van der Waals surface area (Å²) >= 11 is 0. The van der Waals surface area contributed by atoms with Crippen LogP contribution in [0.5, 0.6) is 0 Å². The zero-order valence-electron chi connectivity index (χ0n) is 12.4. The van der Waals surface area contributed by atoms with Gasteiger partial charge in [0, 0.05) is 46.4 Å². The van der Waals surface area contributed by atoms with Crippen LogP contribution in [0.25, 0.3) is 0 Å². The van der Waals surface area contributed by atoms with Crippen molar-refractivity contribution in [3.8, 4) is 0 Å². The molecule has 0 rings (SSSR count). The largest absolute Gasteiger partial charge is 0.353 e. The SMILES string of the molecule is CCOC(CCC(OC)(OCC)OCC)OCC. The van der Waals surface area contributed by atoms with Gasteiger partial charge in [-0.05, 0) is 27.7 Å². The van der Waals surface area contributed by atoms with Gasteiger partial charge < -0.3 is 23.7 Å². The summed E-state index contributed by atoms with van der Waals surface area (Å²) in [6.45, 7) is 10.0. The fourth-order valence-corrected chi connectivity index (χ4v) is 1.73. The molecule has 0 saturated carbocycles. The Labute approximate surface area is 111 Å². The van der Waals surface area contributed by atoms with Crippen molar-refractivity contribution in [3.05, 3.63) is 0 Å². The Kier molecular flexibility index (Phi) is 10.6. The van der Waals surface area contributed by atoms with Gasteiger partial charge in [-0.3, -0.25) is 0 Å². The third kappa shape index (κ3) is 6.66. The number of hydrogen-bond donors (Lipinski definition) is 0. The summed E-state index contributed by atoms with van der Waals surface area (Å²) in [5, 5.41) is 0. The summed E-state index contributed by atoms with van der Waals surface area (Å²) < 4.78 is 27.5. The Hall–Kier alpha value is -0.200. The molecule has 0 aromatic carbocycles. The first-order valence-electron chi connectivity index (χ1n) is 6.74. The maximum atomic E-state index is 5.57. The first-order valence-corrected chi connectivity index (χ1v) is 6.74. The number of hydrogen-bond acceptors (Lipinski definition) is 5. The van der Waals surface area contributed by atoms with Crippen LogP contribution in [0.1, 0.15) is 40.5 Å². The molecule has 0 aliphatic rings. The fraction of sp³-hybridized carbons (Fsp3) is 1.00. The van der Waals surface area contributed by atoms with Crippen LogP contribution < -0.4 is 0 Å². The lowest BCUT2D eigenvalue weighted by molar-refractivity contribution is -0.375. The molecule has 0 aliphatic carbocycles. The topological polar surface area (TPSA) is 46.2 Å². The van der Waals surface area contributed by atoms with Gasteiger partial charge in [-0.25, -0.2) is 0 Å². The summed E-state index contributed by atoms with van der Waals surface area (Å²) in [6.07, 6.45) is 0.987. The van der Waals surface area contributed by atoms with Crippen LogP contribution in [0.2, 0.25) is 0 Å². The zero-order chi connectivity index (χ0) is 13.9. The molecule has 5 nitrogen and oxygen atoms in total. The second-order valence-electron chi connectivity index (χ2n) is 3.63. The van der Waals surface area contributed by atoms with Crippen LogP contribution >= 0.6 is 0 Å². The lowest BCUT2D eigenvalue weighted by Gasteiger charge is -2.32. The van der Waals surface area contributed by atoms with Crippen molar-refractivity contribution in [2.45, 2.75) is 52.8 Å². The van der Waals surface area contributed by atoms with Crippen molar-refractivity contribution in [2.75, 3.05) is 33.5 Å². The molecule has 110 valence electrons. The van der Waals surface area contributed by atoms with E-state index in [1.807, 2.05) is 27.7 Å². The molecule has 0 atom stereocenters. The van der Waals surface area contributed by atoms with Gasteiger partial charge in [-0.2, -0.15) is 0 Å². The van der Waals surface area contributed by atoms with Gasteiger partial charge in [0.2, 0.25) is 0 Å². The molecule has 18 heavy (non-hydrogen) atoms. The number of rotatable bonds is 12. The Morgan fingerprint density at radius 2 is 1.33 bits per heavy atom. The molecule has 0 spiro atoms. The summed E-state index contributed by atoms with van der Waals surface area (Å²) in [6, 6.07) is 0. The average Bonchev–Trinajstić information content (AvgIpc) is 2.37. The van der Waals surface area contributed by atoms with Crippen molar-refractivity contribution in [1.82, 2.24) is 0 Å². The van der Waals surface area contributed by atoms with Gasteiger partial charge in [-0.1, -0.05) is 0 Å². The van der Waals surface area contributed by atoms with Crippen LogP contribution in [-0.2, 0) is 23.7 Å². The van der Waals surface area contributed by atoms with Crippen molar-refractivity contribution < 1.29 is 23.7 Å². The quantitative estimate of drug-likeness (QED) is 0.507. The maximum absolute atomic E-state index is 5.57. The molecule has 0 aromatic heterocycles. The zero-order valence-corrected chi connectivity index (χ0v) is 12.4. The molecule has 0 fully saturated rings. The van der Waals surface area contributed by atoms with E-state index in [2.05, 4.69) is 0 Å². The van der Waals surface area contributed by atoms with Gasteiger partial charge in [0.1, 0.15) is 0 Å². The molecular weight excluding hydrogens is 236 g/mol. The second-order valence-corrected chi connectivity index (χ2v) is 3.63. The van der Waals surface area contributed by atoms with E-state index in [1.165, 1.54) is 0 Å². The van der Waals surface area contributed by atoms with Gasteiger partial charge in [-0.15, -0.1) is 0 Å². The van der Waals surface area contributed by atoms with Crippen molar-refractivity contribution in [3.63, 3.8) is 0 Å². The lowest BCUT2D eigenvalue weighted by atomic mass is 10.2. The molecule has 0 amide bonds. The standard InChI is InChI=1S/C13H28O5/c1-6-15-12(16-7-2)10-11-13(14-5,17-8-3)18-9-4/h12H,6-11H2,1-5H3. The maximum Gasteiger partial charge on any atom is 0.282 e. The van der Waals surface area contributed by atoms with Gasteiger partial charge in [0.05, 0.1) is 0 Å². The highest BCUT2D eigenvalue weighted by atomic mass is 16.9. The smallest absolute Gasteiger partial charge is 0.282 e. The third-order valence-corrected chi connectivity index (χ3v) is 2.43. The Morgan fingerprint density at radius 3 is 1.67 bits per heavy atom. The predicted octanol–water partition coefficient (Wildman–Crippen LogP) is 2.54. The van der Waals surface area contributed by atoms with Gasteiger partial charge in [0.15, 0.2) is 6.29 Å². The summed E-state index contributed by atoms with van der Waals surface area (Å²) in [4.78, 5) is 0. The minimum absolute atomic E-state index is 0.240. The minimum atomic E-state index is -0.990. The van der Waals surface area contributed by atoms with Gasteiger partial charge in [0.25, 0.3) is 5.97 Å². The van der Waals surface area contributed by atoms with E-state index in [4.69, 9.17) is 23.7 Å². The highest BCUT2D eigenvalue weighted by molar-refractivity contribution is 4.60. The van der Waals surface area contributed by atoms with Crippen molar-refractivity contribution >= 4 is 0 Å². The molecule has 0 aliphatic heterocycles. The van der Waals surface area contributed by atoms with E-state index in [0.29, 0.717) is 39.3 Å². The third-order valence-electron chi connectivity index (χ3n) is 2.43. The van der Waals surface area contributed by atoms with Crippen LogP contribution in [0.3, 0.4) is 0 Å². The number of methoxy groups -OCH3 is 1. The molecule has 5 heteroatoms. The minimum Gasteiger partial charge on any atom is -0.353 e. The lowest BCUT2D eigenvalue weighted by Crippen LogP contribution is -2.39. The summed E-state index contributed by atoms with van der Waals surface area (Å²) in [5.41, 5.74) is 0. The van der Waals surface area contributed by atoms with E-state index < -0.39 is 5.97 Å². The Balaban J connectivity index is 4.36. The van der Waals surface area contributed by atoms with E-state index >= 15 is 0 Å². The molecule has 0 saturated heterocycles. The highest BCUT2D eigenvalue weighted by Gasteiger charge is 2.32. The highest BCUT2D eigenvalue weighted by Crippen LogP contribution is 2.23. The van der Waals surface area contributed by atoms with Crippen LogP contribution in [0.4, 0.5) is 0 Å². The Bertz CT molecular complexity index is 174. The number of ether oxygens (including phenoxy) is 5. The molecule has 0 N–H and O–H groups in total. The van der Waals surface area contributed by atoms with E-state index in [0.717, 1.165) is 0 Å².